The summed E-state index contributed by atoms with van der Waals surface area (Å²) in [6, 6.07) is 9.67. The van der Waals surface area contributed by atoms with E-state index in [1.54, 1.807) is 43.3 Å². The Kier molecular flexibility index (Phi) is 5.97. The van der Waals surface area contributed by atoms with Crippen LogP contribution in [-0.4, -0.2) is 30.2 Å². The van der Waals surface area contributed by atoms with Gasteiger partial charge in [-0.2, -0.15) is 5.10 Å². The molecule has 0 aromatic heterocycles. The lowest BCUT2D eigenvalue weighted by atomic mass is 10.2. The zero-order valence-electron chi connectivity index (χ0n) is 13.5. The van der Waals surface area contributed by atoms with Gasteiger partial charge >= 0.3 is 11.8 Å². The minimum atomic E-state index is -0.951. The van der Waals surface area contributed by atoms with Crippen molar-refractivity contribution in [2.45, 2.75) is 6.92 Å². The Morgan fingerprint density at radius 1 is 1.24 bits per heavy atom. The van der Waals surface area contributed by atoms with Crippen molar-refractivity contribution in [2.75, 3.05) is 12.4 Å². The van der Waals surface area contributed by atoms with Gasteiger partial charge in [0.05, 0.1) is 13.3 Å². The first-order valence-corrected chi connectivity index (χ1v) is 7.56. The van der Waals surface area contributed by atoms with Crippen LogP contribution in [0, 0.1) is 6.92 Å². The maximum atomic E-state index is 11.9. The molecule has 0 radical (unpaired) electrons. The normalized spacial score (nSPS) is 10.5. The molecule has 7 nitrogen and oxygen atoms in total. The van der Waals surface area contributed by atoms with Crippen LogP contribution < -0.4 is 15.5 Å². The molecule has 0 fully saturated rings. The van der Waals surface area contributed by atoms with Crippen LogP contribution in [-0.2, 0) is 9.59 Å². The van der Waals surface area contributed by atoms with Gasteiger partial charge in [-0.05, 0) is 42.8 Å². The first-order valence-electron chi connectivity index (χ1n) is 7.19. The quantitative estimate of drug-likeness (QED) is 0.442. The zero-order valence-corrected chi connectivity index (χ0v) is 14.3. The first kappa shape index (κ1) is 18.3. The van der Waals surface area contributed by atoms with Gasteiger partial charge in [-0.25, -0.2) is 5.43 Å². The average Bonchev–Trinajstić information content (AvgIpc) is 2.58. The number of phenolic OH excluding ortho intramolecular Hbond substituents is 1. The molecule has 25 heavy (non-hydrogen) atoms. The maximum absolute atomic E-state index is 11.9. The van der Waals surface area contributed by atoms with E-state index in [0.29, 0.717) is 16.3 Å². The Morgan fingerprint density at radius 2 is 2.00 bits per heavy atom. The van der Waals surface area contributed by atoms with Gasteiger partial charge in [-0.3, -0.25) is 9.59 Å². The van der Waals surface area contributed by atoms with E-state index in [0.717, 1.165) is 5.56 Å². The molecular formula is C17H16ClN3O4. The van der Waals surface area contributed by atoms with E-state index in [-0.39, 0.29) is 11.5 Å². The van der Waals surface area contributed by atoms with Crippen LogP contribution in [0.15, 0.2) is 41.5 Å². The Bertz CT molecular complexity index is 837. The highest BCUT2D eigenvalue weighted by molar-refractivity contribution is 6.39. The summed E-state index contributed by atoms with van der Waals surface area (Å²) in [4.78, 5) is 23.6. The molecule has 0 spiro atoms. The molecule has 0 bridgehead atoms. The van der Waals surface area contributed by atoms with Crippen LogP contribution in [0.3, 0.4) is 0 Å². The van der Waals surface area contributed by atoms with Gasteiger partial charge in [0.1, 0.15) is 0 Å². The summed E-state index contributed by atoms with van der Waals surface area (Å²) >= 11 is 5.84. The monoisotopic (exact) mass is 361 g/mol. The fraction of sp³-hybridized carbons (Fsp3) is 0.118. The number of nitrogens with one attached hydrogen (secondary N) is 2. The number of amides is 2. The lowest BCUT2D eigenvalue weighted by Crippen LogP contribution is -2.32. The number of methoxy groups -OCH3 is 1. The molecule has 0 heterocycles. The average molecular weight is 362 g/mol. The molecule has 130 valence electrons. The van der Waals surface area contributed by atoms with Crippen molar-refractivity contribution < 1.29 is 19.4 Å². The summed E-state index contributed by atoms with van der Waals surface area (Å²) in [5.74, 6) is -1.68. The number of aromatic hydroxyl groups is 1. The van der Waals surface area contributed by atoms with Gasteiger partial charge < -0.3 is 15.2 Å². The van der Waals surface area contributed by atoms with Crippen LogP contribution in [0.5, 0.6) is 11.5 Å². The van der Waals surface area contributed by atoms with Crippen molar-refractivity contribution in [3.8, 4) is 11.5 Å². The van der Waals surface area contributed by atoms with Crippen molar-refractivity contribution in [2.24, 2.45) is 5.10 Å². The van der Waals surface area contributed by atoms with Crippen LogP contribution in [0.25, 0.3) is 0 Å². The number of hydrazone groups is 1. The third-order valence-corrected chi connectivity index (χ3v) is 3.50. The van der Waals surface area contributed by atoms with Crippen LogP contribution in [0.4, 0.5) is 5.69 Å². The molecule has 0 saturated carbocycles. The molecule has 3 N–H and O–H groups in total. The number of anilines is 1. The Morgan fingerprint density at radius 3 is 2.68 bits per heavy atom. The molecule has 0 unspecified atom stereocenters. The third-order valence-electron chi connectivity index (χ3n) is 3.26. The standard InChI is InChI=1S/C17H16ClN3O4/c1-10-8-12(18)6-7-13(10)20-16(23)17(24)21-19-9-11-4-3-5-14(25-2)15(11)22/h3-9,22H,1-2H3,(H,20,23)(H,21,24). The summed E-state index contributed by atoms with van der Waals surface area (Å²) in [6.07, 6.45) is 1.20. The summed E-state index contributed by atoms with van der Waals surface area (Å²) in [6.45, 7) is 1.75. The Labute approximate surface area is 149 Å². The van der Waals surface area contributed by atoms with Gasteiger partial charge in [0.15, 0.2) is 11.5 Å². The van der Waals surface area contributed by atoms with Gasteiger partial charge in [-0.1, -0.05) is 17.7 Å². The first-order chi connectivity index (χ1) is 11.9. The summed E-state index contributed by atoms with van der Waals surface area (Å²) in [5.41, 5.74) is 3.61. The number of carbonyl (C=O) groups is 2. The van der Waals surface area contributed by atoms with Gasteiger partial charge in [0, 0.05) is 16.3 Å². The number of nitrogens with zero attached hydrogens (tertiary/aromatic N) is 1. The highest BCUT2D eigenvalue weighted by Crippen LogP contribution is 2.27. The predicted molar refractivity (Wildman–Crippen MR) is 95.2 cm³/mol. The summed E-state index contributed by atoms with van der Waals surface area (Å²) < 4.78 is 4.96. The van der Waals surface area contributed by atoms with E-state index < -0.39 is 11.8 Å². The molecule has 2 amide bonds. The zero-order chi connectivity index (χ0) is 18.4. The largest absolute Gasteiger partial charge is 0.504 e. The van der Waals surface area contributed by atoms with Gasteiger partial charge in [-0.15, -0.1) is 0 Å². The van der Waals surface area contributed by atoms with Gasteiger partial charge in [0.2, 0.25) is 0 Å². The second-order valence-corrected chi connectivity index (χ2v) is 5.45. The minimum absolute atomic E-state index is 0.121. The number of hydrogen-bond acceptors (Lipinski definition) is 5. The van der Waals surface area contributed by atoms with Crippen LogP contribution in [0.2, 0.25) is 5.02 Å². The smallest absolute Gasteiger partial charge is 0.329 e. The number of halogens is 1. The second kappa shape index (κ2) is 8.16. The van der Waals surface area contributed by atoms with Crippen LogP contribution >= 0.6 is 11.6 Å². The van der Waals surface area contributed by atoms with Crippen molar-refractivity contribution in [3.05, 3.63) is 52.5 Å². The van der Waals surface area contributed by atoms with Crippen molar-refractivity contribution in [1.82, 2.24) is 5.43 Å². The molecule has 8 heteroatoms. The van der Waals surface area contributed by atoms with Crippen LogP contribution in [0.1, 0.15) is 11.1 Å². The summed E-state index contributed by atoms with van der Waals surface area (Å²) in [7, 11) is 1.42. The molecule has 0 aliphatic carbocycles. The number of rotatable bonds is 4. The van der Waals surface area contributed by atoms with Gasteiger partial charge in [0.25, 0.3) is 0 Å². The van der Waals surface area contributed by atoms with E-state index in [4.69, 9.17) is 16.3 Å². The minimum Gasteiger partial charge on any atom is -0.504 e. The topological polar surface area (TPSA) is 100 Å². The summed E-state index contributed by atoms with van der Waals surface area (Å²) in [5, 5.41) is 16.5. The molecular weight excluding hydrogens is 346 g/mol. The molecule has 2 aromatic rings. The van der Waals surface area contributed by atoms with Crippen molar-refractivity contribution >= 4 is 35.3 Å². The Balaban J connectivity index is 1.99. The number of carbonyl (C=O) groups excluding carboxylic acids is 2. The fourth-order valence-electron chi connectivity index (χ4n) is 1.97. The highest BCUT2D eigenvalue weighted by Gasteiger charge is 2.14. The molecule has 0 saturated heterocycles. The lowest BCUT2D eigenvalue weighted by molar-refractivity contribution is -0.136. The highest BCUT2D eigenvalue weighted by atomic mass is 35.5. The van der Waals surface area contributed by atoms with E-state index in [2.05, 4.69) is 15.8 Å². The number of benzene rings is 2. The molecule has 2 aromatic carbocycles. The lowest BCUT2D eigenvalue weighted by Gasteiger charge is -2.07. The third kappa shape index (κ3) is 4.71. The second-order valence-electron chi connectivity index (χ2n) is 5.01. The Hall–Kier alpha value is -3.06. The fourth-order valence-corrected chi connectivity index (χ4v) is 2.19. The molecule has 0 aliphatic heterocycles. The van der Waals surface area contributed by atoms with E-state index >= 15 is 0 Å². The van der Waals surface area contributed by atoms with Crippen molar-refractivity contribution in [1.29, 1.82) is 0 Å². The number of hydrogen-bond donors (Lipinski definition) is 3. The maximum Gasteiger partial charge on any atom is 0.329 e. The SMILES string of the molecule is COc1cccc(C=NNC(=O)C(=O)Nc2ccc(Cl)cc2C)c1O. The molecule has 2 rings (SSSR count). The van der Waals surface area contributed by atoms with E-state index in [1.165, 1.54) is 13.3 Å². The number of ether oxygens (including phenoxy) is 1. The molecule has 0 atom stereocenters. The van der Waals surface area contributed by atoms with Crippen molar-refractivity contribution in [3.63, 3.8) is 0 Å². The van der Waals surface area contributed by atoms with E-state index in [9.17, 15) is 14.7 Å². The number of aryl methyl sites for hydroxylation is 1. The molecule has 0 aliphatic rings. The predicted octanol–water partition coefficient (Wildman–Crippen LogP) is 2.45. The number of phenols is 1. The number of para-hydroxylation sites is 1. The van der Waals surface area contributed by atoms with E-state index in [1.807, 2.05) is 0 Å².